The van der Waals surface area contributed by atoms with Crippen LogP contribution in [0.25, 0.3) is 0 Å². The second-order valence-corrected chi connectivity index (χ2v) is 7.13. The van der Waals surface area contributed by atoms with Crippen molar-refractivity contribution in [2.24, 2.45) is 0 Å². The summed E-state index contributed by atoms with van der Waals surface area (Å²) in [4.78, 5) is 26.5. The zero-order valence-electron chi connectivity index (χ0n) is 16.4. The molecule has 2 amide bonds. The van der Waals surface area contributed by atoms with Crippen LogP contribution in [0.5, 0.6) is 0 Å². The van der Waals surface area contributed by atoms with Gasteiger partial charge in [-0.05, 0) is 41.8 Å². The Labute approximate surface area is 165 Å². The van der Waals surface area contributed by atoms with E-state index in [4.69, 9.17) is 4.74 Å². The van der Waals surface area contributed by atoms with Gasteiger partial charge in [-0.3, -0.25) is 9.59 Å². The lowest BCUT2D eigenvalue weighted by Gasteiger charge is -2.26. The number of nitrogens with one attached hydrogen (secondary N) is 2. The average Bonchev–Trinajstić information content (AvgIpc) is 2.73. The number of carbonyl (C=O) groups is 2. The topological polar surface area (TPSA) is 70.7 Å². The van der Waals surface area contributed by atoms with Gasteiger partial charge in [-0.2, -0.15) is 0 Å². The molecule has 6 nitrogen and oxygen atoms in total. The van der Waals surface area contributed by atoms with E-state index in [2.05, 4.69) is 30.5 Å². The maximum atomic E-state index is 12.5. The number of nitrogens with zero attached hydrogens (tertiary/aromatic N) is 1. The zero-order chi connectivity index (χ0) is 19.9. The quantitative estimate of drug-likeness (QED) is 0.805. The third-order valence-corrected chi connectivity index (χ3v) is 4.74. The molecule has 1 aliphatic rings. The van der Waals surface area contributed by atoms with Gasteiger partial charge < -0.3 is 20.3 Å². The summed E-state index contributed by atoms with van der Waals surface area (Å²) < 4.78 is 5.28. The lowest BCUT2D eigenvalue weighted by Crippen LogP contribution is -2.40. The predicted octanol–water partition coefficient (Wildman–Crippen LogP) is 3.33. The number of rotatable bonds is 6. The summed E-state index contributed by atoms with van der Waals surface area (Å²) in [6, 6.07) is 15.0. The predicted molar refractivity (Wildman–Crippen MR) is 111 cm³/mol. The Morgan fingerprint density at radius 3 is 2.39 bits per heavy atom. The molecular weight excluding hydrogens is 354 g/mol. The minimum atomic E-state index is -0.134. The number of morpholine rings is 1. The van der Waals surface area contributed by atoms with Crippen molar-refractivity contribution < 1.29 is 14.3 Å². The van der Waals surface area contributed by atoms with E-state index >= 15 is 0 Å². The molecule has 0 aliphatic carbocycles. The molecule has 28 heavy (non-hydrogen) atoms. The highest BCUT2D eigenvalue weighted by atomic mass is 16.5. The maximum absolute atomic E-state index is 12.5. The van der Waals surface area contributed by atoms with E-state index in [9.17, 15) is 9.59 Å². The smallest absolute Gasteiger partial charge is 0.254 e. The number of ether oxygens (including phenoxy) is 1. The standard InChI is InChI=1S/C22H27N3O3/c1-16(2)19-5-3-4-6-20(19)23-15-21(26)24-18-9-7-17(8-10-18)22(27)25-11-13-28-14-12-25/h3-10,16,23H,11-15H2,1-2H3,(H,24,26). The highest BCUT2D eigenvalue weighted by Crippen LogP contribution is 2.23. The Hall–Kier alpha value is -2.86. The summed E-state index contributed by atoms with van der Waals surface area (Å²) in [6.07, 6.45) is 0. The van der Waals surface area contributed by atoms with Crippen molar-refractivity contribution in [1.29, 1.82) is 0 Å². The van der Waals surface area contributed by atoms with Crippen molar-refractivity contribution >= 4 is 23.2 Å². The number of amides is 2. The first-order valence-electron chi connectivity index (χ1n) is 9.64. The Kier molecular flexibility index (Phi) is 6.66. The molecule has 0 aromatic heterocycles. The van der Waals surface area contributed by atoms with Gasteiger partial charge in [0.25, 0.3) is 5.91 Å². The number of benzene rings is 2. The third kappa shape index (κ3) is 5.10. The Morgan fingerprint density at radius 2 is 1.71 bits per heavy atom. The fourth-order valence-corrected chi connectivity index (χ4v) is 3.19. The van der Waals surface area contributed by atoms with E-state index in [1.807, 2.05) is 18.2 Å². The molecular formula is C22H27N3O3. The number of anilines is 2. The molecule has 2 N–H and O–H groups in total. The van der Waals surface area contributed by atoms with Gasteiger partial charge in [-0.25, -0.2) is 0 Å². The van der Waals surface area contributed by atoms with E-state index in [1.54, 1.807) is 29.2 Å². The second kappa shape index (κ2) is 9.37. The van der Waals surface area contributed by atoms with Crippen molar-refractivity contribution in [1.82, 2.24) is 4.90 Å². The lowest BCUT2D eigenvalue weighted by molar-refractivity contribution is -0.114. The molecule has 6 heteroatoms. The molecule has 148 valence electrons. The van der Waals surface area contributed by atoms with Gasteiger partial charge >= 0.3 is 0 Å². The molecule has 2 aromatic rings. The molecule has 3 rings (SSSR count). The monoisotopic (exact) mass is 381 g/mol. The van der Waals surface area contributed by atoms with Gasteiger partial charge in [0.2, 0.25) is 5.91 Å². The summed E-state index contributed by atoms with van der Waals surface area (Å²) in [6.45, 7) is 6.81. The maximum Gasteiger partial charge on any atom is 0.254 e. The molecule has 0 atom stereocenters. The minimum Gasteiger partial charge on any atom is -0.378 e. The first-order valence-corrected chi connectivity index (χ1v) is 9.64. The highest BCUT2D eigenvalue weighted by molar-refractivity contribution is 5.96. The normalized spacial score (nSPS) is 14.0. The summed E-state index contributed by atoms with van der Waals surface area (Å²) in [5, 5.41) is 6.06. The van der Waals surface area contributed by atoms with Crippen molar-refractivity contribution in [3.05, 3.63) is 59.7 Å². The van der Waals surface area contributed by atoms with Crippen LogP contribution in [0.4, 0.5) is 11.4 Å². The molecule has 1 aliphatic heterocycles. The third-order valence-electron chi connectivity index (χ3n) is 4.74. The van der Waals surface area contributed by atoms with E-state index in [-0.39, 0.29) is 18.4 Å². The molecule has 1 heterocycles. The first kappa shape index (κ1) is 19.9. The summed E-state index contributed by atoms with van der Waals surface area (Å²) in [5.74, 6) is 0.238. The van der Waals surface area contributed by atoms with E-state index in [0.717, 1.165) is 5.69 Å². The van der Waals surface area contributed by atoms with E-state index in [1.165, 1.54) is 5.56 Å². The Morgan fingerprint density at radius 1 is 1.04 bits per heavy atom. The van der Waals surface area contributed by atoms with Crippen molar-refractivity contribution in [2.75, 3.05) is 43.5 Å². The fraction of sp³-hybridized carbons (Fsp3) is 0.364. The first-order chi connectivity index (χ1) is 13.5. The molecule has 0 bridgehead atoms. The summed E-state index contributed by atoms with van der Waals surface area (Å²) >= 11 is 0. The summed E-state index contributed by atoms with van der Waals surface area (Å²) in [7, 11) is 0. The van der Waals surface area contributed by atoms with Crippen molar-refractivity contribution in [3.8, 4) is 0 Å². The zero-order valence-corrected chi connectivity index (χ0v) is 16.4. The second-order valence-electron chi connectivity index (χ2n) is 7.13. The van der Waals surface area contributed by atoms with Gasteiger partial charge in [0.1, 0.15) is 0 Å². The highest BCUT2D eigenvalue weighted by Gasteiger charge is 2.18. The largest absolute Gasteiger partial charge is 0.378 e. The average molecular weight is 381 g/mol. The van der Waals surface area contributed by atoms with Gasteiger partial charge in [-0.15, -0.1) is 0 Å². The minimum absolute atomic E-state index is 0.00636. The number of hydrogen-bond acceptors (Lipinski definition) is 4. The van der Waals surface area contributed by atoms with Crippen molar-refractivity contribution in [3.63, 3.8) is 0 Å². The van der Waals surface area contributed by atoms with Gasteiger partial charge in [0.05, 0.1) is 19.8 Å². The van der Waals surface area contributed by atoms with Crippen molar-refractivity contribution in [2.45, 2.75) is 19.8 Å². The number of para-hydroxylation sites is 1. The van der Waals surface area contributed by atoms with Gasteiger partial charge in [-0.1, -0.05) is 32.0 Å². The molecule has 0 saturated carbocycles. The van der Waals surface area contributed by atoms with Crippen LogP contribution in [-0.2, 0) is 9.53 Å². The molecule has 0 radical (unpaired) electrons. The number of hydrogen-bond donors (Lipinski definition) is 2. The Balaban J connectivity index is 1.54. The lowest BCUT2D eigenvalue weighted by atomic mass is 10.0. The molecule has 2 aromatic carbocycles. The molecule has 0 spiro atoms. The van der Waals surface area contributed by atoms with E-state index in [0.29, 0.717) is 43.5 Å². The van der Waals surface area contributed by atoms with Crippen LogP contribution >= 0.6 is 0 Å². The molecule has 0 unspecified atom stereocenters. The molecule has 1 saturated heterocycles. The molecule has 1 fully saturated rings. The summed E-state index contributed by atoms with van der Waals surface area (Å²) in [5.41, 5.74) is 3.44. The fourth-order valence-electron chi connectivity index (χ4n) is 3.19. The van der Waals surface area contributed by atoms with Crippen LogP contribution in [0.15, 0.2) is 48.5 Å². The van der Waals surface area contributed by atoms with E-state index < -0.39 is 0 Å². The van der Waals surface area contributed by atoms with Crippen LogP contribution in [0.2, 0.25) is 0 Å². The van der Waals surface area contributed by atoms with Gasteiger partial charge in [0.15, 0.2) is 0 Å². The van der Waals surface area contributed by atoms with Crippen LogP contribution in [0, 0.1) is 0 Å². The van der Waals surface area contributed by atoms with Crippen LogP contribution in [0.3, 0.4) is 0 Å². The Bertz CT molecular complexity index is 812. The number of carbonyl (C=O) groups excluding carboxylic acids is 2. The van der Waals surface area contributed by atoms with Gasteiger partial charge in [0, 0.05) is 30.0 Å². The van der Waals surface area contributed by atoms with Crippen LogP contribution in [-0.4, -0.2) is 49.6 Å². The van der Waals surface area contributed by atoms with Crippen LogP contribution < -0.4 is 10.6 Å². The SMILES string of the molecule is CC(C)c1ccccc1NCC(=O)Nc1ccc(C(=O)N2CCOCC2)cc1. The van der Waals surface area contributed by atoms with Crippen LogP contribution in [0.1, 0.15) is 35.7 Å².